The molecule has 0 aliphatic heterocycles. The minimum absolute atomic E-state index is 0.431. The summed E-state index contributed by atoms with van der Waals surface area (Å²) < 4.78 is 0. The summed E-state index contributed by atoms with van der Waals surface area (Å²) in [7, 11) is 2.13. The number of likely N-dealkylation sites (N-methyl/N-ethyl adjacent to an activating group) is 1. The average molecular weight is 156 g/mol. The van der Waals surface area contributed by atoms with Crippen LogP contribution in [-0.2, 0) is 0 Å². The molecular weight excluding hydrogens is 136 g/mol. The Morgan fingerprint density at radius 3 is 2.73 bits per heavy atom. The van der Waals surface area contributed by atoms with E-state index in [1.165, 1.54) is 0 Å². The normalized spacial score (nSPS) is 13.5. The largest absolute Gasteiger partial charge is 0.310 e. The molecular formula is C9H20N2. The van der Waals surface area contributed by atoms with E-state index in [0.717, 1.165) is 19.6 Å². The lowest BCUT2D eigenvalue weighted by Crippen LogP contribution is -2.33. The number of hydrogen-bond donors (Lipinski definition) is 1. The third-order valence-corrected chi connectivity index (χ3v) is 1.85. The van der Waals surface area contributed by atoms with Crippen molar-refractivity contribution in [1.29, 1.82) is 0 Å². The van der Waals surface area contributed by atoms with Gasteiger partial charge in [-0.1, -0.05) is 13.0 Å². The van der Waals surface area contributed by atoms with E-state index in [0.29, 0.717) is 6.04 Å². The molecule has 0 bridgehead atoms. The first-order chi connectivity index (χ1) is 5.20. The van der Waals surface area contributed by atoms with Crippen LogP contribution in [0.1, 0.15) is 13.8 Å². The van der Waals surface area contributed by atoms with Gasteiger partial charge in [0.15, 0.2) is 0 Å². The fraction of sp³-hybridized carbons (Fsp3) is 0.778. The van der Waals surface area contributed by atoms with E-state index in [1.54, 1.807) is 0 Å². The third kappa shape index (κ3) is 6.07. The lowest BCUT2D eigenvalue weighted by atomic mass is 10.3. The lowest BCUT2D eigenvalue weighted by Gasteiger charge is -2.15. The van der Waals surface area contributed by atoms with Gasteiger partial charge < -0.3 is 10.2 Å². The molecule has 0 aromatic heterocycles. The SMILES string of the molecule is C=CC(C)NCCN(C)CC. The topological polar surface area (TPSA) is 15.3 Å². The highest BCUT2D eigenvalue weighted by atomic mass is 15.1. The molecule has 0 aliphatic rings. The molecule has 2 nitrogen and oxygen atoms in total. The van der Waals surface area contributed by atoms with Gasteiger partial charge in [0, 0.05) is 19.1 Å². The smallest absolute Gasteiger partial charge is 0.0219 e. The van der Waals surface area contributed by atoms with Crippen LogP contribution in [0.15, 0.2) is 12.7 Å². The van der Waals surface area contributed by atoms with Gasteiger partial charge in [0.2, 0.25) is 0 Å². The standard InChI is InChI=1S/C9H20N2/c1-5-9(3)10-7-8-11(4)6-2/h5,9-10H,1,6-8H2,2-4H3. The lowest BCUT2D eigenvalue weighted by molar-refractivity contribution is 0.346. The van der Waals surface area contributed by atoms with Crippen molar-refractivity contribution in [2.45, 2.75) is 19.9 Å². The molecule has 0 rings (SSSR count). The maximum atomic E-state index is 3.70. The molecule has 1 N–H and O–H groups in total. The molecule has 0 heterocycles. The van der Waals surface area contributed by atoms with Crippen molar-refractivity contribution in [2.75, 3.05) is 26.7 Å². The van der Waals surface area contributed by atoms with Crippen molar-refractivity contribution in [3.63, 3.8) is 0 Å². The number of nitrogens with one attached hydrogen (secondary N) is 1. The Bertz CT molecular complexity index is 102. The predicted molar refractivity (Wildman–Crippen MR) is 50.8 cm³/mol. The zero-order chi connectivity index (χ0) is 8.69. The summed E-state index contributed by atoms with van der Waals surface area (Å²) in [5.41, 5.74) is 0. The van der Waals surface area contributed by atoms with Crippen LogP contribution >= 0.6 is 0 Å². The molecule has 0 aromatic rings. The van der Waals surface area contributed by atoms with Crippen molar-refractivity contribution >= 4 is 0 Å². The van der Waals surface area contributed by atoms with Gasteiger partial charge in [0.1, 0.15) is 0 Å². The maximum absolute atomic E-state index is 3.70. The zero-order valence-electron chi connectivity index (χ0n) is 7.93. The molecule has 0 aliphatic carbocycles. The summed E-state index contributed by atoms with van der Waals surface area (Å²) in [6, 6.07) is 0.431. The molecule has 0 saturated heterocycles. The van der Waals surface area contributed by atoms with E-state index in [9.17, 15) is 0 Å². The first-order valence-corrected chi connectivity index (χ1v) is 4.25. The minimum atomic E-state index is 0.431. The Kier molecular flexibility index (Phi) is 6.18. The molecule has 0 saturated carbocycles. The molecule has 2 heteroatoms. The van der Waals surface area contributed by atoms with Crippen LogP contribution in [-0.4, -0.2) is 37.6 Å². The molecule has 11 heavy (non-hydrogen) atoms. The molecule has 0 aromatic carbocycles. The van der Waals surface area contributed by atoms with Crippen LogP contribution in [0, 0.1) is 0 Å². The molecule has 0 amide bonds. The quantitative estimate of drug-likeness (QED) is 0.579. The summed E-state index contributed by atoms with van der Waals surface area (Å²) in [6.07, 6.45) is 1.92. The Morgan fingerprint density at radius 1 is 1.64 bits per heavy atom. The minimum Gasteiger partial charge on any atom is -0.310 e. The van der Waals surface area contributed by atoms with Crippen LogP contribution < -0.4 is 5.32 Å². The molecule has 66 valence electrons. The van der Waals surface area contributed by atoms with Crippen LogP contribution in [0.25, 0.3) is 0 Å². The molecule has 0 spiro atoms. The number of hydrogen-bond acceptors (Lipinski definition) is 2. The van der Waals surface area contributed by atoms with Crippen molar-refractivity contribution in [3.05, 3.63) is 12.7 Å². The number of rotatable bonds is 6. The van der Waals surface area contributed by atoms with Gasteiger partial charge in [-0.3, -0.25) is 0 Å². The zero-order valence-corrected chi connectivity index (χ0v) is 7.93. The summed E-state index contributed by atoms with van der Waals surface area (Å²) in [4.78, 5) is 2.28. The highest BCUT2D eigenvalue weighted by molar-refractivity contribution is 4.81. The van der Waals surface area contributed by atoms with Crippen LogP contribution in [0.2, 0.25) is 0 Å². The summed E-state index contributed by atoms with van der Waals surface area (Å²) in [5, 5.41) is 3.34. The van der Waals surface area contributed by atoms with E-state index >= 15 is 0 Å². The van der Waals surface area contributed by atoms with E-state index in [4.69, 9.17) is 0 Å². The highest BCUT2D eigenvalue weighted by Crippen LogP contribution is 1.82. The predicted octanol–water partition coefficient (Wildman–Crippen LogP) is 1.10. The Morgan fingerprint density at radius 2 is 2.27 bits per heavy atom. The third-order valence-electron chi connectivity index (χ3n) is 1.85. The van der Waals surface area contributed by atoms with Crippen molar-refractivity contribution in [3.8, 4) is 0 Å². The second kappa shape index (κ2) is 6.38. The van der Waals surface area contributed by atoms with Gasteiger partial charge in [-0.05, 0) is 20.5 Å². The second-order valence-corrected chi connectivity index (χ2v) is 2.87. The highest BCUT2D eigenvalue weighted by Gasteiger charge is 1.95. The number of nitrogens with zero attached hydrogens (tertiary/aromatic N) is 1. The summed E-state index contributed by atoms with van der Waals surface area (Å²) in [5.74, 6) is 0. The van der Waals surface area contributed by atoms with Crippen molar-refractivity contribution in [1.82, 2.24) is 10.2 Å². The maximum Gasteiger partial charge on any atom is 0.0219 e. The summed E-state index contributed by atoms with van der Waals surface area (Å²) >= 11 is 0. The fourth-order valence-corrected chi connectivity index (χ4v) is 0.725. The Hall–Kier alpha value is -0.340. The van der Waals surface area contributed by atoms with E-state index < -0.39 is 0 Å². The fourth-order valence-electron chi connectivity index (χ4n) is 0.725. The molecule has 0 radical (unpaired) electrons. The van der Waals surface area contributed by atoms with Crippen LogP contribution in [0.3, 0.4) is 0 Å². The first kappa shape index (κ1) is 10.7. The van der Waals surface area contributed by atoms with Crippen LogP contribution in [0.5, 0.6) is 0 Å². The first-order valence-electron chi connectivity index (χ1n) is 4.25. The monoisotopic (exact) mass is 156 g/mol. The van der Waals surface area contributed by atoms with Crippen molar-refractivity contribution in [2.24, 2.45) is 0 Å². The Labute approximate surface area is 70.3 Å². The average Bonchev–Trinajstić information content (AvgIpc) is 2.04. The van der Waals surface area contributed by atoms with E-state index in [2.05, 4.69) is 37.7 Å². The van der Waals surface area contributed by atoms with Gasteiger partial charge in [0.25, 0.3) is 0 Å². The van der Waals surface area contributed by atoms with Gasteiger partial charge in [-0.15, -0.1) is 6.58 Å². The van der Waals surface area contributed by atoms with Gasteiger partial charge >= 0.3 is 0 Å². The Balaban J connectivity index is 3.19. The van der Waals surface area contributed by atoms with E-state index in [-0.39, 0.29) is 0 Å². The molecule has 0 fully saturated rings. The summed E-state index contributed by atoms with van der Waals surface area (Å²) in [6.45, 7) is 11.2. The van der Waals surface area contributed by atoms with Gasteiger partial charge in [-0.2, -0.15) is 0 Å². The molecule has 1 atom stereocenters. The van der Waals surface area contributed by atoms with Crippen molar-refractivity contribution < 1.29 is 0 Å². The van der Waals surface area contributed by atoms with Gasteiger partial charge in [0.05, 0.1) is 0 Å². The van der Waals surface area contributed by atoms with E-state index in [1.807, 2.05) is 6.08 Å². The second-order valence-electron chi connectivity index (χ2n) is 2.87. The van der Waals surface area contributed by atoms with Gasteiger partial charge in [-0.25, -0.2) is 0 Å². The molecule has 1 unspecified atom stereocenters. The van der Waals surface area contributed by atoms with Crippen LogP contribution in [0.4, 0.5) is 0 Å².